The van der Waals surface area contributed by atoms with Crippen LogP contribution in [0.2, 0.25) is 0 Å². The van der Waals surface area contributed by atoms with Crippen molar-refractivity contribution >= 4 is 5.91 Å². The molecule has 0 bridgehead atoms. The minimum Gasteiger partial charge on any atom is -0.332 e. The molecule has 1 aromatic carbocycles. The Hall–Kier alpha value is -1.42. The smallest absolute Gasteiger partial charge is 0.239 e. The molecule has 1 aromatic rings. The predicted molar refractivity (Wildman–Crippen MR) is 68.3 cm³/mol. The lowest BCUT2D eigenvalue weighted by molar-refractivity contribution is -0.135. The molecule has 18 heavy (non-hydrogen) atoms. The van der Waals surface area contributed by atoms with Gasteiger partial charge in [0.2, 0.25) is 5.91 Å². The molecule has 2 atom stereocenters. The van der Waals surface area contributed by atoms with Gasteiger partial charge in [-0.05, 0) is 44.4 Å². The van der Waals surface area contributed by atoms with Gasteiger partial charge in [-0.25, -0.2) is 4.39 Å². The number of benzene rings is 1. The molecule has 2 rings (SSSR count). The van der Waals surface area contributed by atoms with E-state index in [2.05, 4.69) is 0 Å². The first-order chi connectivity index (χ1) is 8.50. The number of carbonyl (C=O) groups is 1. The first kappa shape index (κ1) is 13.0. The topological polar surface area (TPSA) is 46.3 Å². The Kier molecular flexibility index (Phi) is 3.66. The second-order valence-corrected chi connectivity index (χ2v) is 4.99. The van der Waals surface area contributed by atoms with Gasteiger partial charge in [0.15, 0.2) is 0 Å². The Bertz CT molecular complexity index is 426. The highest BCUT2D eigenvalue weighted by Crippen LogP contribution is 2.34. The van der Waals surface area contributed by atoms with Crippen molar-refractivity contribution in [2.45, 2.75) is 44.8 Å². The summed E-state index contributed by atoms with van der Waals surface area (Å²) in [5.41, 5.74) is 6.63. The van der Waals surface area contributed by atoms with Gasteiger partial charge in [0.1, 0.15) is 5.82 Å². The van der Waals surface area contributed by atoms with E-state index in [4.69, 9.17) is 5.73 Å². The largest absolute Gasteiger partial charge is 0.332 e. The van der Waals surface area contributed by atoms with E-state index in [1.807, 2.05) is 11.8 Å². The average molecular weight is 250 g/mol. The van der Waals surface area contributed by atoms with Gasteiger partial charge < -0.3 is 10.6 Å². The average Bonchev–Trinajstić information content (AvgIpc) is 3.14. The zero-order valence-corrected chi connectivity index (χ0v) is 10.8. The van der Waals surface area contributed by atoms with E-state index in [-0.39, 0.29) is 17.8 Å². The van der Waals surface area contributed by atoms with Crippen molar-refractivity contribution < 1.29 is 9.18 Å². The van der Waals surface area contributed by atoms with Crippen molar-refractivity contribution in [3.63, 3.8) is 0 Å². The molecule has 0 unspecified atom stereocenters. The van der Waals surface area contributed by atoms with Crippen LogP contribution in [0.3, 0.4) is 0 Å². The number of nitrogens with zero attached hydrogens (tertiary/aromatic N) is 1. The molecule has 2 N–H and O–H groups in total. The molecule has 4 heteroatoms. The van der Waals surface area contributed by atoms with Crippen LogP contribution in [0.25, 0.3) is 0 Å². The van der Waals surface area contributed by atoms with Gasteiger partial charge in [-0.3, -0.25) is 4.79 Å². The van der Waals surface area contributed by atoms with E-state index in [1.54, 1.807) is 19.1 Å². The van der Waals surface area contributed by atoms with Crippen LogP contribution in [0.1, 0.15) is 38.3 Å². The summed E-state index contributed by atoms with van der Waals surface area (Å²) in [6.45, 7) is 3.67. The number of amides is 1. The third kappa shape index (κ3) is 2.70. The van der Waals surface area contributed by atoms with Gasteiger partial charge in [0, 0.05) is 6.04 Å². The number of halogens is 1. The molecule has 3 nitrogen and oxygen atoms in total. The molecule has 0 saturated heterocycles. The molecule has 1 amide bonds. The molecule has 1 saturated carbocycles. The Balaban J connectivity index is 2.20. The highest BCUT2D eigenvalue weighted by atomic mass is 19.1. The fraction of sp³-hybridized carbons (Fsp3) is 0.500. The van der Waals surface area contributed by atoms with Gasteiger partial charge in [-0.15, -0.1) is 0 Å². The van der Waals surface area contributed by atoms with Crippen LogP contribution in [0, 0.1) is 5.82 Å². The standard InChI is InChI=1S/C14H19FN2O/c1-9(16)14(18)17(13-7-8-13)10(2)11-3-5-12(15)6-4-11/h3-6,9-10,13H,7-8,16H2,1-2H3/t9-,10-/m0/s1. The van der Waals surface area contributed by atoms with Crippen molar-refractivity contribution in [2.75, 3.05) is 0 Å². The molecule has 1 fully saturated rings. The van der Waals surface area contributed by atoms with Gasteiger partial charge in [-0.2, -0.15) is 0 Å². The van der Waals surface area contributed by atoms with Crippen LogP contribution in [0.5, 0.6) is 0 Å². The Morgan fingerprint density at radius 1 is 1.33 bits per heavy atom. The molecular formula is C14H19FN2O. The van der Waals surface area contributed by atoms with E-state index in [0.717, 1.165) is 18.4 Å². The van der Waals surface area contributed by atoms with Gasteiger partial charge in [0.05, 0.1) is 12.1 Å². The maximum absolute atomic E-state index is 12.9. The van der Waals surface area contributed by atoms with Crippen molar-refractivity contribution in [1.29, 1.82) is 0 Å². The summed E-state index contributed by atoms with van der Waals surface area (Å²) in [7, 11) is 0. The van der Waals surface area contributed by atoms with Gasteiger partial charge in [-0.1, -0.05) is 12.1 Å². The number of nitrogens with two attached hydrogens (primary N) is 1. The lowest BCUT2D eigenvalue weighted by atomic mass is 10.1. The predicted octanol–water partition coefficient (Wildman–Crippen LogP) is 2.22. The SMILES string of the molecule is C[C@H](N)C(=O)N(C1CC1)[C@@H](C)c1ccc(F)cc1. The van der Waals surface area contributed by atoms with Crippen LogP contribution in [-0.2, 0) is 4.79 Å². The summed E-state index contributed by atoms with van der Waals surface area (Å²) in [5, 5.41) is 0. The zero-order valence-electron chi connectivity index (χ0n) is 10.8. The summed E-state index contributed by atoms with van der Waals surface area (Å²) >= 11 is 0. The summed E-state index contributed by atoms with van der Waals surface area (Å²) in [4.78, 5) is 14.0. The highest BCUT2D eigenvalue weighted by molar-refractivity contribution is 5.82. The monoisotopic (exact) mass is 250 g/mol. The minimum absolute atomic E-state index is 0.0330. The fourth-order valence-electron chi connectivity index (χ4n) is 2.18. The van der Waals surface area contributed by atoms with E-state index < -0.39 is 6.04 Å². The Morgan fingerprint density at radius 2 is 1.89 bits per heavy atom. The van der Waals surface area contributed by atoms with Crippen LogP contribution < -0.4 is 5.73 Å². The maximum atomic E-state index is 12.9. The maximum Gasteiger partial charge on any atom is 0.239 e. The quantitative estimate of drug-likeness (QED) is 0.890. The number of hydrogen-bond acceptors (Lipinski definition) is 2. The number of hydrogen-bond donors (Lipinski definition) is 1. The van der Waals surface area contributed by atoms with Crippen LogP contribution >= 0.6 is 0 Å². The third-order valence-corrected chi connectivity index (χ3v) is 3.35. The first-order valence-electron chi connectivity index (χ1n) is 6.34. The zero-order chi connectivity index (χ0) is 13.3. The summed E-state index contributed by atoms with van der Waals surface area (Å²) in [5.74, 6) is -0.295. The second kappa shape index (κ2) is 5.06. The van der Waals surface area contributed by atoms with Crippen molar-refractivity contribution in [3.8, 4) is 0 Å². The fourth-order valence-corrected chi connectivity index (χ4v) is 2.18. The molecule has 1 aliphatic carbocycles. The summed E-state index contributed by atoms with van der Waals surface area (Å²) in [6, 6.07) is 6.04. The lowest BCUT2D eigenvalue weighted by Gasteiger charge is -2.31. The van der Waals surface area contributed by atoms with Crippen molar-refractivity contribution in [3.05, 3.63) is 35.6 Å². The van der Waals surface area contributed by atoms with Crippen molar-refractivity contribution in [2.24, 2.45) is 5.73 Å². The van der Waals surface area contributed by atoms with Crippen LogP contribution in [-0.4, -0.2) is 22.9 Å². The number of rotatable bonds is 4. The van der Waals surface area contributed by atoms with E-state index >= 15 is 0 Å². The molecular weight excluding hydrogens is 231 g/mol. The molecule has 0 heterocycles. The second-order valence-electron chi connectivity index (χ2n) is 4.99. The van der Waals surface area contributed by atoms with Crippen LogP contribution in [0.4, 0.5) is 4.39 Å². The Labute approximate surface area is 107 Å². The van der Waals surface area contributed by atoms with E-state index in [1.165, 1.54) is 12.1 Å². The van der Waals surface area contributed by atoms with Gasteiger partial charge in [0.25, 0.3) is 0 Å². The normalized spacial score (nSPS) is 18.2. The molecule has 0 aromatic heterocycles. The molecule has 0 radical (unpaired) electrons. The molecule has 98 valence electrons. The first-order valence-corrected chi connectivity index (χ1v) is 6.34. The minimum atomic E-state index is -0.492. The van der Waals surface area contributed by atoms with Crippen molar-refractivity contribution in [1.82, 2.24) is 4.90 Å². The molecule has 0 aliphatic heterocycles. The van der Waals surface area contributed by atoms with Crippen LogP contribution in [0.15, 0.2) is 24.3 Å². The molecule has 1 aliphatic rings. The summed E-state index contributed by atoms with van der Waals surface area (Å²) < 4.78 is 12.9. The lowest BCUT2D eigenvalue weighted by Crippen LogP contribution is -2.44. The molecule has 0 spiro atoms. The number of carbonyl (C=O) groups excluding carboxylic acids is 1. The Morgan fingerprint density at radius 3 is 2.33 bits per heavy atom. The van der Waals surface area contributed by atoms with E-state index in [0.29, 0.717) is 6.04 Å². The highest BCUT2D eigenvalue weighted by Gasteiger charge is 2.37. The third-order valence-electron chi connectivity index (χ3n) is 3.35. The van der Waals surface area contributed by atoms with Gasteiger partial charge >= 0.3 is 0 Å². The van der Waals surface area contributed by atoms with E-state index in [9.17, 15) is 9.18 Å². The summed E-state index contributed by atoms with van der Waals surface area (Å²) in [6.07, 6.45) is 2.06.